The van der Waals surface area contributed by atoms with Gasteiger partial charge in [-0.2, -0.15) is 0 Å². The van der Waals surface area contributed by atoms with E-state index >= 15 is 0 Å². The van der Waals surface area contributed by atoms with Crippen molar-refractivity contribution >= 4 is 5.71 Å². The van der Waals surface area contributed by atoms with Gasteiger partial charge in [-0.05, 0) is 5.56 Å². The highest BCUT2D eigenvalue weighted by atomic mass is 16.6. The van der Waals surface area contributed by atoms with Crippen molar-refractivity contribution in [3.63, 3.8) is 0 Å². The Hall–Kier alpha value is -1.39. The number of hydrogen-bond acceptors (Lipinski definition) is 4. The predicted octanol–water partition coefficient (Wildman–Crippen LogP) is 1.61. The van der Waals surface area contributed by atoms with Gasteiger partial charge in [0, 0.05) is 39.0 Å². The summed E-state index contributed by atoms with van der Waals surface area (Å²) in [6, 6.07) is 10.1. The molecule has 1 aliphatic heterocycles. The Morgan fingerprint density at radius 3 is 2.56 bits per heavy atom. The zero-order chi connectivity index (χ0) is 12.6. The number of nitrogens with two attached hydrogens (primary N) is 1. The molecule has 1 aromatic rings. The van der Waals surface area contributed by atoms with Crippen molar-refractivity contribution in [3.05, 3.63) is 35.9 Å². The smallest absolute Gasteiger partial charge is 0.142 e. The van der Waals surface area contributed by atoms with Crippen molar-refractivity contribution in [2.45, 2.75) is 19.4 Å². The largest absolute Gasteiger partial charge is 0.391 e. The van der Waals surface area contributed by atoms with E-state index in [0.717, 1.165) is 44.6 Å². The zero-order valence-electron chi connectivity index (χ0n) is 10.7. The van der Waals surface area contributed by atoms with Crippen LogP contribution in [0.2, 0.25) is 0 Å². The molecule has 1 aliphatic rings. The third-order valence-electron chi connectivity index (χ3n) is 3.15. The van der Waals surface area contributed by atoms with Crippen LogP contribution in [0.1, 0.15) is 18.4 Å². The van der Waals surface area contributed by atoms with E-state index in [4.69, 9.17) is 10.6 Å². The summed E-state index contributed by atoms with van der Waals surface area (Å²) in [6.45, 7) is 4.36. The van der Waals surface area contributed by atoms with Crippen molar-refractivity contribution in [1.82, 2.24) is 4.90 Å². The first-order valence-corrected chi connectivity index (χ1v) is 6.52. The second-order valence-corrected chi connectivity index (χ2v) is 4.55. The molecular formula is C14H21N3O. The van der Waals surface area contributed by atoms with Crippen LogP contribution in [-0.2, 0) is 11.4 Å². The number of rotatable bonds is 5. The molecule has 1 fully saturated rings. The first-order chi connectivity index (χ1) is 8.88. The van der Waals surface area contributed by atoms with E-state index in [9.17, 15) is 0 Å². The molecule has 1 aromatic carbocycles. The maximum Gasteiger partial charge on any atom is 0.142 e. The average molecular weight is 247 g/mol. The van der Waals surface area contributed by atoms with Gasteiger partial charge in [0.1, 0.15) is 6.61 Å². The minimum absolute atomic E-state index is 0.552. The summed E-state index contributed by atoms with van der Waals surface area (Å²) >= 11 is 0. The van der Waals surface area contributed by atoms with Crippen LogP contribution in [0.5, 0.6) is 0 Å². The molecule has 1 heterocycles. The maximum absolute atomic E-state index is 5.54. The molecule has 0 amide bonds. The van der Waals surface area contributed by atoms with E-state index in [-0.39, 0.29) is 0 Å². The van der Waals surface area contributed by atoms with E-state index in [1.54, 1.807) is 0 Å². The summed E-state index contributed by atoms with van der Waals surface area (Å²) in [5.41, 5.74) is 7.86. The second kappa shape index (κ2) is 7.13. The predicted molar refractivity (Wildman–Crippen MR) is 73.4 cm³/mol. The molecule has 18 heavy (non-hydrogen) atoms. The highest BCUT2D eigenvalue weighted by Gasteiger charge is 2.14. The van der Waals surface area contributed by atoms with Gasteiger partial charge in [0.25, 0.3) is 0 Å². The summed E-state index contributed by atoms with van der Waals surface area (Å²) < 4.78 is 0. The molecule has 1 saturated heterocycles. The first kappa shape index (κ1) is 13.1. The van der Waals surface area contributed by atoms with Crippen molar-refractivity contribution in [2.24, 2.45) is 10.9 Å². The molecule has 0 aromatic heterocycles. The summed E-state index contributed by atoms with van der Waals surface area (Å²) in [7, 11) is 0. The number of benzene rings is 1. The molecule has 0 atom stereocenters. The SMILES string of the molecule is NCCN1CCC(=NOCc2ccccc2)CC1. The van der Waals surface area contributed by atoms with Gasteiger partial charge in [-0.15, -0.1) is 0 Å². The molecular weight excluding hydrogens is 226 g/mol. The molecule has 0 unspecified atom stereocenters. The summed E-state index contributed by atoms with van der Waals surface area (Å²) in [5, 5.41) is 4.23. The first-order valence-electron chi connectivity index (χ1n) is 6.52. The van der Waals surface area contributed by atoms with E-state index in [1.165, 1.54) is 5.71 Å². The van der Waals surface area contributed by atoms with Crippen LogP contribution >= 0.6 is 0 Å². The lowest BCUT2D eigenvalue weighted by Crippen LogP contribution is -2.37. The lowest BCUT2D eigenvalue weighted by atomic mass is 10.1. The Balaban J connectivity index is 1.71. The number of oxime groups is 1. The quantitative estimate of drug-likeness (QED) is 0.804. The van der Waals surface area contributed by atoms with Crippen LogP contribution in [0.15, 0.2) is 35.5 Å². The van der Waals surface area contributed by atoms with E-state index in [2.05, 4.69) is 10.1 Å². The van der Waals surface area contributed by atoms with Crippen LogP contribution in [0.3, 0.4) is 0 Å². The molecule has 0 saturated carbocycles. The minimum atomic E-state index is 0.552. The highest BCUT2D eigenvalue weighted by molar-refractivity contribution is 5.84. The zero-order valence-corrected chi connectivity index (χ0v) is 10.7. The molecule has 0 spiro atoms. The van der Waals surface area contributed by atoms with Crippen molar-refractivity contribution < 1.29 is 4.84 Å². The Bertz CT molecular complexity index is 368. The molecule has 0 radical (unpaired) electrons. The van der Waals surface area contributed by atoms with Crippen molar-refractivity contribution in [1.29, 1.82) is 0 Å². The number of likely N-dealkylation sites (tertiary alicyclic amines) is 1. The number of hydrogen-bond donors (Lipinski definition) is 1. The van der Waals surface area contributed by atoms with E-state index in [1.807, 2.05) is 30.3 Å². The standard InChI is InChI=1S/C14H21N3O/c15-8-11-17-9-6-14(7-10-17)16-18-12-13-4-2-1-3-5-13/h1-5H,6-12,15H2. The molecule has 4 heteroatoms. The van der Waals surface area contributed by atoms with Crippen molar-refractivity contribution in [2.75, 3.05) is 26.2 Å². The van der Waals surface area contributed by atoms with Gasteiger partial charge in [-0.3, -0.25) is 0 Å². The topological polar surface area (TPSA) is 50.8 Å². The third-order valence-corrected chi connectivity index (χ3v) is 3.15. The fourth-order valence-corrected chi connectivity index (χ4v) is 2.08. The molecule has 0 aliphatic carbocycles. The Labute approximate surface area is 108 Å². The fraction of sp³-hybridized carbons (Fsp3) is 0.500. The molecule has 98 valence electrons. The lowest BCUT2D eigenvalue weighted by molar-refractivity contribution is 0.127. The number of piperidine rings is 1. The Morgan fingerprint density at radius 2 is 1.89 bits per heavy atom. The average Bonchev–Trinajstić information content (AvgIpc) is 2.42. The van der Waals surface area contributed by atoms with Gasteiger partial charge in [0.2, 0.25) is 0 Å². The highest BCUT2D eigenvalue weighted by Crippen LogP contribution is 2.08. The Kier molecular flexibility index (Phi) is 5.17. The monoisotopic (exact) mass is 247 g/mol. The second-order valence-electron chi connectivity index (χ2n) is 4.55. The normalized spacial score (nSPS) is 16.6. The van der Waals surface area contributed by atoms with Crippen LogP contribution in [0.4, 0.5) is 0 Å². The van der Waals surface area contributed by atoms with Crippen LogP contribution in [0.25, 0.3) is 0 Å². The van der Waals surface area contributed by atoms with Crippen LogP contribution in [-0.4, -0.2) is 36.8 Å². The molecule has 0 bridgehead atoms. The molecule has 2 N–H and O–H groups in total. The van der Waals surface area contributed by atoms with Crippen molar-refractivity contribution in [3.8, 4) is 0 Å². The van der Waals surface area contributed by atoms with Crippen LogP contribution in [0, 0.1) is 0 Å². The number of nitrogens with zero attached hydrogens (tertiary/aromatic N) is 2. The van der Waals surface area contributed by atoms with E-state index < -0.39 is 0 Å². The molecule has 2 rings (SSSR count). The minimum Gasteiger partial charge on any atom is -0.391 e. The fourth-order valence-electron chi connectivity index (χ4n) is 2.08. The van der Waals surface area contributed by atoms with Gasteiger partial charge in [-0.1, -0.05) is 35.5 Å². The summed E-state index contributed by atoms with van der Waals surface area (Å²) in [5.74, 6) is 0. The van der Waals surface area contributed by atoms with Crippen LogP contribution < -0.4 is 5.73 Å². The van der Waals surface area contributed by atoms with Gasteiger partial charge < -0.3 is 15.5 Å². The van der Waals surface area contributed by atoms with Gasteiger partial charge in [0.05, 0.1) is 5.71 Å². The summed E-state index contributed by atoms with van der Waals surface area (Å²) in [4.78, 5) is 7.77. The third kappa shape index (κ3) is 4.13. The van der Waals surface area contributed by atoms with E-state index in [0.29, 0.717) is 6.61 Å². The van der Waals surface area contributed by atoms with Gasteiger partial charge >= 0.3 is 0 Å². The maximum atomic E-state index is 5.54. The van der Waals surface area contributed by atoms with Gasteiger partial charge in [-0.25, -0.2) is 0 Å². The lowest BCUT2D eigenvalue weighted by Gasteiger charge is -2.26. The summed E-state index contributed by atoms with van der Waals surface area (Å²) in [6.07, 6.45) is 1.99. The van der Waals surface area contributed by atoms with Gasteiger partial charge in [0.15, 0.2) is 0 Å². The Morgan fingerprint density at radius 1 is 1.17 bits per heavy atom. The molecule has 4 nitrogen and oxygen atoms in total.